The van der Waals surface area contributed by atoms with Gasteiger partial charge in [-0.15, -0.1) is 0 Å². The van der Waals surface area contributed by atoms with Gasteiger partial charge in [0.15, 0.2) is 0 Å². The molecule has 0 atom stereocenters. The predicted molar refractivity (Wildman–Crippen MR) is 43.2 cm³/mol. The molecule has 0 aromatic heterocycles. The predicted octanol–water partition coefficient (Wildman–Crippen LogP) is 0.0650. The van der Waals surface area contributed by atoms with E-state index >= 15 is 0 Å². The van der Waals surface area contributed by atoms with Crippen LogP contribution in [-0.2, 0) is 51.4 Å². The van der Waals surface area contributed by atoms with Crippen LogP contribution in [0.1, 0.15) is 20.8 Å². The molecule has 0 saturated heterocycles. The largest absolute Gasteiger partial charge is 0.339 e. The molecule has 0 heterocycles. The van der Waals surface area contributed by atoms with Gasteiger partial charge in [0.05, 0.1) is 0 Å². The van der Waals surface area contributed by atoms with E-state index in [-0.39, 0.29) is 22.4 Å². The van der Waals surface area contributed by atoms with Gasteiger partial charge in [0.25, 0.3) is 0 Å². The first-order chi connectivity index (χ1) is 6.81. The molecule has 10 heteroatoms. The topological polar surface area (TPSA) is 140 Å². The van der Waals surface area contributed by atoms with Crippen molar-refractivity contribution < 1.29 is 67.2 Å². The summed E-state index contributed by atoms with van der Waals surface area (Å²) in [6.07, 6.45) is 0. The zero-order valence-corrected chi connectivity index (χ0v) is 10.8. The molecule has 0 aliphatic heterocycles. The first kappa shape index (κ1) is 24.3. The molecule has 0 spiro atoms. The van der Waals surface area contributed by atoms with E-state index in [2.05, 4.69) is 14.7 Å². The van der Waals surface area contributed by atoms with Crippen LogP contribution in [0.5, 0.6) is 0 Å². The summed E-state index contributed by atoms with van der Waals surface area (Å²) in [5, 5.41) is 21.9. The van der Waals surface area contributed by atoms with Crippen molar-refractivity contribution in [2.75, 3.05) is 0 Å². The maximum atomic E-state index is 9.34. The molecule has 0 amide bonds. The van der Waals surface area contributed by atoms with Crippen LogP contribution in [0.4, 0.5) is 0 Å². The van der Waals surface area contributed by atoms with E-state index < -0.39 is 17.9 Å². The van der Waals surface area contributed by atoms with E-state index in [1.54, 1.807) is 0 Å². The normalized spacial score (nSPS) is 6.38. The van der Waals surface area contributed by atoms with Gasteiger partial charge in [0.1, 0.15) is 0 Å². The van der Waals surface area contributed by atoms with Crippen molar-refractivity contribution in [3.05, 3.63) is 0 Å². The third kappa shape index (κ3) is 74.5. The van der Waals surface area contributed by atoms with E-state index in [0.29, 0.717) is 0 Å². The Kier molecular flexibility index (Phi) is 29.8. The van der Waals surface area contributed by atoms with Gasteiger partial charge in [-0.3, -0.25) is 0 Å². The Hall–Kier alpha value is -0.970. The minimum Gasteiger partial charge on any atom is -0.301 e. The van der Waals surface area contributed by atoms with Crippen LogP contribution in [0, 0.1) is 0 Å². The third-order valence-electron chi connectivity index (χ3n) is 0.386. The fourth-order valence-electron chi connectivity index (χ4n) is 0. The first-order valence-corrected chi connectivity index (χ1v) is 3.27. The Labute approximate surface area is 106 Å². The van der Waals surface area contributed by atoms with Crippen molar-refractivity contribution in [1.29, 1.82) is 0 Å². The number of hydrogen-bond acceptors (Lipinski definition) is 9. The maximum absolute atomic E-state index is 9.34. The summed E-state index contributed by atoms with van der Waals surface area (Å²) in [5.41, 5.74) is 0. The summed E-state index contributed by atoms with van der Waals surface area (Å²) >= 11 is 0. The summed E-state index contributed by atoms with van der Waals surface area (Å²) in [7, 11) is 0. The Morgan fingerprint density at radius 1 is 0.688 bits per heavy atom. The Morgan fingerprint density at radius 2 is 0.750 bits per heavy atom. The average Bonchev–Trinajstić information content (AvgIpc) is 2.19. The third-order valence-corrected chi connectivity index (χ3v) is 0.386. The minimum atomic E-state index is -0.690. The average molecular weight is 425 g/mol. The molecule has 0 saturated carbocycles. The number of carbonyl (C=O) groups excluding carboxylic acids is 3. The maximum Gasteiger partial charge on any atom is 0.339 e. The summed E-state index contributed by atoms with van der Waals surface area (Å²) < 4.78 is 0. The van der Waals surface area contributed by atoms with E-state index in [1.807, 2.05) is 0 Å². The molecule has 9 nitrogen and oxygen atoms in total. The molecule has 1 radical (unpaired) electrons. The second kappa shape index (κ2) is 19.6. The zero-order valence-electron chi connectivity index (χ0n) is 8.59. The molecular formula is C6H12AuO9. The van der Waals surface area contributed by atoms with Crippen LogP contribution in [0.3, 0.4) is 0 Å². The monoisotopic (exact) mass is 425 g/mol. The van der Waals surface area contributed by atoms with Gasteiger partial charge in [0.2, 0.25) is 0 Å². The summed E-state index contributed by atoms with van der Waals surface area (Å²) in [6, 6.07) is 0. The second-order valence-corrected chi connectivity index (χ2v) is 1.75. The van der Waals surface area contributed by atoms with Crippen LogP contribution in [0.25, 0.3) is 0 Å². The van der Waals surface area contributed by atoms with Gasteiger partial charge in [-0.05, 0) is 0 Å². The van der Waals surface area contributed by atoms with Crippen molar-refractivity contribution in [3.63, 3.8) is 0 Å². The van der Waals surface area contributed by atoms with E-state index in [1.165, 1.54) is 0 Å². The molecule has 101 valence electrons. The molecule has 3 N–H and O–H groups in total. The standard InChI is InChI=1S/3C2H4O3.Au/c3*1-2(3)5-4;/h3*4H,1H3;. The van der Waals surface area contributed by atoms with E-state index in [4.69, 9.17) is 15.8 Å². The van der Waals surface area contributed by atoms with Gasteiger partial charge >= 0.3 is 17.9 Å². The van der Waals surface area contributed by atoms with Crippen molar-refractivity contribution in [3.8, 4) is 0 Å². The quantitative estimate of drug-likeness (QED) is 0.213. The Morgan fingerprint density at radius 3 is 0.750 bits per heavy atom. The molecule has 16 heavy (non-hydrogen) atoms. The molecule has 0 aliphatic rings. The zero-order chi connectivity index (χ0) is 12.9. The van der Waals surface area contributed by atoms with Gasteiger partial charge in [-0.1, -0.05) is 0 Å². The van der Waals surface area contributed by atoms with Crippen molar-refractivity contribution in [2.24, 2.45) is 0 Å². The molecule has 0 bridgehead atoms. The molecule has 0 fully saturated rings. The number of carbonyl (C=O) groups is 3. The molecule has 0 aliphatic carbocycles. The van der Waals surface area contributed by atoms with Crippen molar-refractivity contribution >= 4 is 17.9 Å². The fraction of sp³-hybridized carbons (Fsp3) is 0.500. The summed E-state index contributed by atoms with van der Waals surface area (Å²) in [4.78, 5) is 37.4. The Balaban J connectivity index is -0.0000000655. The molecule has 0 unspecified atom stereocenters. The fourth-order valence-corrected chi connectivity index (χ4v) is 0. The second-order valence-electron chi connectivity index (χ2n) is 1.75. The van der Waals surface area contributed by atoms with Gasteiger partial charge in [0, 0.05) is 43.2 Å². The van der Waals surface area contributed by atoms with Crippen molar-refractivity contribution in [2.45, 2.75) is 20.8 Å². The smallest absolute Gasteiger partial charge is 0.301 e. The van der Waals surface area contributed by atoms with Crippen molar-refractivity contribution in [1.82, 2.24) is 0 Å². The van der Waals surface area contributed by atoms with Gasteiger partial charge < -0.3 is 14.7 Å². The van der Waals surface area contributed by atoms with Crippen LogP contribution in [-0.4, -0.2) is 33.7 Å². The Bertz CT molecular complexity index is 159. The first-order valence-electron chi connectivity index (χ1n) is 3.27. The number of hydrogen-bond donors (Lipinski definition) is 3. The van der Waals surface area contributed by atoms with Crippen LogP contribution in [0.2, 0.25) is 0 Å². The van der Waals surface area contributed by atoms with Crippen LogP contribution < -0.4 is 0 Å². The molecular weight excluding hydrogens is 413 g/mol. The van der Waals surface area contributed by atoms with E-state index in [0.717, 1.165) is 20.8 Å². The number of rotatable bonds is 0. The minimum absolute atomic E-state index is 0. The van der Waals surface area contributed by atoms with E-state index in [9.17, 15) is 14.4 Å². The summed E-state index contributed by atoms with van der Waals surface area (Å²) in [5.74, 6) is -2.07. The molecule has 0 aromatic carbocycles. The molecule has 0 aromatic rings. The SMILES string of the molecule is CC(=O)OO.CC(=O)OO.CC(=O)OO.[Au]. The van der Waals surface area contributed by atoms with Gasteiger partial charge in [-0.2, -0.15) is 15.8 Å². The van der Waals surface area contributed by atoms with Crippen LogP contribution >= 0.6 is 0 Å². The molecule has 0 rings (SSSR count). The summed E-state index contributed by atoms with van der Waals surface area (Å²) in [6.45, 7) is 3.33. The van der Waals surface area contributed by atoms with Gasteiger partial charge in [-0.25, -0.2) is 14.4 Å². The van der Waals surface area contributed by atoms with Crippen LogP contribution in [0.15, 0.2) is 0 Å².